The number of thiophene rings is 1. The molecule has 2 aromatic rings. The Balaban J connectivity index is 2.21. The van der Waals surface area contributed by atoms with Gasteiger partial charge in [0.15, 0.2) is 0 Å². The highest BCUT2D eigenvalue weighted by atomic mass is 32.1. The number of anilines is 2. The number of amides is 1. The maximum atomic E-state index is 12.4. The van der Waals surface area contributed by atoms with Gasteiger partial charge in [0, 0.05) is 0 Å². The van der Waals surface area contributed by atoms with Crippen LogP contribution >= 0.6 is 11.3 Å². The summed E-state index contributed by atoms with van der Waals surface area (Å²) in [4.78, 5) is 12.2. The maximum absolute atomic E-state index is 12.4. The first-order valence-corrected chi connectivity index (χ1v) is 6.07. The van der Waals surface area contributed by atoms with E-state index in [0.717, 1.165) is 18.2 Å². The van der Waals surface area contributed by atoms with Gasteiger partial charge in [-0.3, -0.25) is 4.79 Å². The lowest BCUT2D eigenvalue weighted by atomic mass is 10.1. The van der Waals surface area contributed by atoms with E-state index < -0.39 is 17.6 Å². The van der Waals surface area contributed by atoms with E-state index >= 15 is 0 Å². The third-order valence-corrected chi connectivity index (χ3v) is 3.24. The molecular weight excluding hydrogens is 277 g/mol. The van der Waals surface area contributed by atoms with E-state index in [1.54, 1.807) is 17.5 Å². The Morgan fingerprint density at radius 3 is 2.53 bits per heavy atom. The number of carbonyl (C=O) groups excluding carboxylic acids is 1. The quantitative estimate of drug-likeness (QED) is 0.829. The van der Waals surface area contributed by atoms with Crippen molar-refractivity contribution in [1.82, 2.24) is 0 Å². The molecule has 1 heterocycles. The van der Waals surface area contributed by atoms with Gasteiger partial charge in [0.25, 0.3) is 5.91 Å². The third-order valence-electron chi connectivity index (χ3n) is 2.37. The molecule has 0 spiro atoms. The van der Waals surface area contributed by atoms with Crippen LogP contribution < -0.4 is 11.1 Å². The van der Waals surface area contributed by atoms with E-state index in [1.165, 1.54) is 11.3 Å². The van der Waals surface area contributed by atoms with Gasteiger partial charge in [-0.15, -0.1) is 11.3 Å². The van der Waals surface area contributed by atoms with Crippen molar-refractivity contribution < 1.29 is 18.0 Å². The molecule has 100 valence electrons. The lowest BCUT2D eigenvalue weighted by Crippen LogP contribution is -2.13. The van der Waals surface area contributed by atoms with Crippen molar-refractivity contribution in [3.05, 3.63) is 46.2 Å². The summed E-state index contributed by atoms with van der Waals surface area (Å²) in [7, 11) is 0. The zero-order chi connectivity index (χ0) is 14.0. The van der Waals surface area contributed by atoms with Crippen molar-refractivity contribution in [1.29, 1.82) is 0 Å². The Morgan fingerprint density at radius 2 is 2.00 bits per heavy atom. The number of hydrogen-bond donors (Lipinski definition) is 2. The average molecular weight is 286 g/mol. The van der Waals surface area contributed by atoms with E-state index in [1.807, 2.05) is 0 Å². The number of alkyl halides is 3. The van der Waals surface area contributed by atoms with Crippen LogP contribution in [0.1, 0.15) is 15.2 Å². The van der Waals surface area contributed by atoms with Crippen LogP contribution in [0.4, 0.5) is 24.5 Å². The first-order valence-electron chi connectivity index (χ1n) is 5.19. The second kappa shape index (κ2) is 4.93. The summed E-state index contributed by atoms with van der Waals surface area (Å²) in [6, 6.07) is 6.13. The van der Waals surface area contributed by atoms with Gasteiger partial charge in [-0.25, -0.2) is 0 Å². The fourth-order valence-electron chi connectivity index (χ4n) is 1.44. The number of rotatable bonds is 2. The molecule has 0 aliphatic heterocycles. The lowest BCUT2D eigenvalue weighted by Gasteiger charge is -2.11. The number of halogens is 3. The highest BCUT2D eigenvalue weighted by Crippen LogP contribution is 2.33. The molecule has 0 fully saturated rings. The second-order valence-corrected chi connectivity index (χ2v) is 4.68. The SMILES string of the molecule is Nc1cc(C(F)(F)F)ccc1NC(=O)c1cccs1. The normalized spacial score (nSPS) is 11.3. The summed E-state index contributed by atoms with van der Waals surface area (Å²) in [5.41, 5.74) is 4.69. The lowest BCUT2D eigenvalue weighted by molar-refractivity contribution is -0.137. The molecule has 0 unspecified atom stereocenters. The highest BCUT2D eigenvalue weighted by Gasteiger charge is 2.30. The van der Waals surface area contributed by atoms with Gasteiger partial charge >= 0.3 is 6.18 Å². The van der Waals surface area contributed by atoms with E-state index in [-0.39, 0.29) is 11.4 Å². The first-order chi connectivity index (χ1) is 8.88. The molecule has 1 amide bonds. The van der Waals surface area contributed by atoms with Crippen LogP contribution in [0, 0.1) is 0 Å². The number of nitrogens with one attached hydrogen (secondary N) is 1. The van der Waals surface area contributed by atoms with Gasteiger partial charge in [-0.2, -0.15) is 13.2 Å². The molecule has 7 heteroatoms. The summed E-state index contributed by atoms with van der Waals surface area (Å²) in [5.74, 6) is -0.401. The molecule has 0 radical (unpaired) electrons. The fraction of sp³-hybridized carbons (Fsp3) is 0.0833. The van der Waals surface area contributed by atoms with E-state index in [9.17, 15) is 18.0 Å². The van der Waals surface area contributed by atoms with E-state index in [0.29, 0.717) is 4.88 Å². The van der Waals surface area contributed by atoms with Crippen LogP contribution in [-0.2, 0) is 6.18 Å². The van der Waals surface area contributed by atoms with Crippen molar-refractivity contribution in [2.24, 2.45) is 0 Å². The number of nitrogen functional groups attached to an aromatic ring is 1. The molecular formula is C12H9F3N2OS. The predicted molar refractivity (Wildman–Crippen MR) is 68.1 cm³/mol. The Labute approximate surface area is 110 Å². The van der Waals surface area contributed by atoms with Crippen molar-refractivity contribution in [2.75, 3.05) is 11.1 Å². The molecule has 2 rings (SSSR count). The Hall–Kier alpha value is -2.02. The van der Waals surface area contributed by atoms with Crippen LogP contribution in [0.2, 0.25) is 0 Å². The van der Waals surface area contributed by atoms with Crippen LogP contribution in [0.3, 0.4) is 0 Å². The summed E-state index contributed by atoms with van der Waals surface area (Å²) in [6.45, 7) is 0. The van der Waals surface area contributed by atoms with Gasteiger partial charge in [0.05, 0.1) is 21.8 Å². The number of nitrogens with two attached hydrogens (primary N) is 1. The molecule has 0 saturated carbocycles. The molecule has 3 N–H and O–H groups in total. The minimum Gasteiger partial charge on any atom is -0.397 e. The average Bonchev–Trinajstić information content (AvgIpc) is 2.84. The maximum Gasteiger partial charge on any atom is 0.416 e. The topological polar surface area (TPSA) is 55.1 Å². The molecule has 1 aromatic carbocycles. The highest BCUT2D eigenvalue weighted by molar-refractivity contribution is 7.12. The van der Waals surface area contributed by atoms with Gasteiger partial charge in [-0.05, 0) is 29.6 Å². The summed E-state index contributed by atoms with van der Waals surface area (Å²) >= 11 is 1.23. The predicted octanol–water partition coefficient (Wildman–Crippen LogP) is 3.60. The molecule has 0 bridgehead atoms. The molecule has 0 aliphatic rings. The standard InChI is InChI=1S/C12H9F3N2OS/c13-12(14,15)7-3-4-9(8(16)6-7)17-11(18)10-2-1-5-19-10/h1-6H,16H2,(H,17,18). The van der Waals surface area contributed by atoms with Crippen molar-refractivity contribution in [3.8, 4) is 0 Å². The van der Waals surface area contributed by atoms with Gasteiger partial charge in [0.2, 0.25) is 0 Å². The minimum atomic E-state index is -4.45. The molecule has 0 aliphatic carbocycles. The van der Waals surface area contributed by atoms with Crippen molar-refractivity contribution in [3.63, 3.8) is 0 Å². The zero-order valence-corrected chi connectivity index (χ0v) is 10.3. The van der Waals surface area contributed by atoms with Crippen LogP contribution in [0.25, 0.3) is 0 Å². The molecule has 1 aromatic heterocycles. The largest absolute Gasteiger partial charge is 0.416 e. The van der Waals surface area contributed by atoms with Gasteiger partial charge in [0.1, 0.15) is 0 Å². The number of carbonyl (C=O) groups is 1. The minimum absolute atomic E-state index is 0.125. The molecule has 0 saturated heterocycles. The summed E-state index contributed by atoms with van der Waals surface area (Å²) < 4.78 is 37.3. The smallest absolute Gasteiger partial charge is 0.397 e. The number of hydrogen-bond acceptors (Lipinski definition) is 3. The van der Waals surface area contributed by atoms with Crippen LogP contribution in [0.5, 0.6) is 0 Å². The van der Waals surface area contributed by atoms with Crippen molar-refractivity contribution >= 4 is 28.6 Å². The summed E-state index contributed by atoms with van der Waals surface area (Å²) in [5, 5.41) is 4.20. The zero-order valence-electron chi connectivity index (χ0n) is 9.49. The molecule has 3 nitrogen and oxygen atoms in total. The second-order valence-electron chi connectivity index (χ2n) is 3.73. The van der Waals surface area contributed by atoms with Crippen molar-refractivity contribution in [2.45, 2.75) is 6.18 Å². The monoisotopic (exact) mass is 286 g/mol. The van der Waals surface area contributed by atoms with Gasteiger partial charge in [-0.1, -0.05) is 6.07 Å². The third kappa shape index (κ3) is 3.05. The Morgan fingerprint density at radius 1 is 1.26 bits per heavy atom. The fourth-order valence-corrected chi connectivity index (χ4v) is 2.06. The first kappa shape index (κ1) is 13.4. The number of benzene rings is 1. The Bertz CT molecular complexity index is 594. The van der Waals surface area contributed by atoms with E-state index in [2.05, 4.69) is 5.32 Å². The molecule has 0 atom stereocenters. The van der Waals surface area contributed by atoms with E-state index in [4.69, 9.17) is 5.73 Å². The molecule has 19 heavy (non-hydrogen) atoms. The van der Waals surface area contributed by atoms with Gasteiger partial charge < -0.3 is 11.1 Å². The Kier molecular flexibility index (Phi) is 3.48. The van der Waals surface area contributed by atoms with Crippen LogP contribution in [-0.4, -0.2) is 5.91 Å². The summed E-state index contributed by atoms with van der Waals surface area (Å²) in [6.07, 6.45) is -4.45. The van der Waals surface area contributed by atoms with Crippen LogP contribution in [0.15, 0.2) is 35.7 Å².